The Morgan fingerprint density at radius 1 is 1.55 bits per heavy atom. The summed E-state index contributed by atoms with van der Waals surface area (Å²) in [6.07, 6.45) is 1.46. The Kier molecular flexibility index (Phi) is 4.40. The van der Waals surface area contributed by atoms with Crippen LogP contribution in [0.15, 0.2) is 24.3 Å². The van der Waals surface area contributed by atoms with Gasteiger partial charge in [0.2, 0.25) is 5.91 Å². The summed E-state index contributed by atoms with van der Waals surface area (Å²) in [6.45, 7) is 2.62. The second-order valence-corrected chi connectivity index (χ2v) is 5.99. The average molecular weight is 292 g/mol. The molecule has 0 aromatic heterocycles. The average Bonchev–Trinajstić information content (AvgIpc) is 2.35. The van der Waals surface area contributed by atoms with Gasteiger partial charge in [-0.1, -0.05) is 31.3 Å². The van der Waals surface area contributed by atoms with E-state index in [-0.39, 0.29) is 5.91 Å². The van der Waals surface area contributed by atoms with Crippen LogP contribution in [0.25, 0.3) is 0 Å². The van der Waals surface area contributed by atoms with Crippen LogP contribution < -0.4 is 11.1 Å². The summed E-state index contributed by atoms with van der Waals surface area (Å²) < 4.78 is 5.09. The smallest absolute Gasteiger partial charge is 0.237 e. The van der Waals surface area contributed by atoms with E-state index in [0.29, 0.717) is 17.5 Å². The van der Waals surface area contributed by atoms with Gasteiger partial charge in [-0.2, -0.15) is 0 Å². The lowest BCUT2D eigenvalue weighted by molar-refractivity contribution is -0.127. The molecule has 20 heavy (non-hydrogen) atoms. The summed E-state index contributed by atoms with van der Waals surface area (Å²) in [7, 11) is 1.64. The zero-order valence-corrected chi connectivity index (χ0v) is 12.6. The molecule has 2 rings (SSSR count). The number of methoxy groups -OCH3 is 1. The molecular weight excluding hydrogens is 272 g/mol. The minimum atomic E-state index is -0.675. The van der Waals surface area contributed by atoms with E-state index in [2.05, 4.69) is 12.2 Å². The van der Waals surface area contributed by atoms with Crippen LogP contribution in [-0.4, -0.2) is 18.0 Å². The fourth-order valence-electron chi connectivity index (χ4n) is 2.78. The first kappa shape index (κ1) is 14.9. The van der Waals surface area contributed by atoms with Gasteiger partial charge in [-0.25, -0.2) is 0 Å². The Bertz CT molecular complexity index is 524. The number of ether oxygens (including phenoxy) is 1. The number of hydrogen-bond donors (Lipinski definition) is 2. The molecule has 5 heteroatoms. The number of anilines is 1. The molecule has 0 unspecified atom stereocenters. The fraction of sp³-hybridized carbons (Fsp3) is 0.467. The Morgan fingerprint density at radius 3 is 2.80 bits per heavy atom. The molecule has 0 heterocycles. The second kappa shape index (κ2) is 5.89. The quantitative estimate of drug-likeness (QED) is 0.818. The lowest BCUT2D eigenvalue weighted by atomic mass is 9.62. The molecule has 1 aromatic rings. The maximum Gasteiger partial charge on any atom is 0.237 e. The SMILES string of the molecule is COCc1cccc(NC(=O)C2(C(N)=S)CC(C)C2)c1. The van der Waals surface area contributed by atoms with Crippen LogP contribution in [0.1, 0.15) is 25.3 Å². The summed E-state index contributed by atoms with van der Waals surface area (Å²) in [5.41, 5.74) is 6.86. The predicted molar refractivity (Wildman–Crippen MR) is 83.4 cm³/mol. The molecule has 0 spiro atoms. The van der Waals surface area contributed by atoms with Crippen molar-refractivity contribution in [2.24, 2.45) is 17.1 Å². The first-order valence-electron chi connectivity index (χ1n) is 6.67. The molecule has 1 amide bonds. The van der Waals surface area contributed by atoms with Crippen molar-refractivity contribution >= 4 is 28.8 Å². The molecule has 1 aromatic carbocycles. The van der Waals surface area contributed by atoms with Crippen molar-refractivity contribution in [2.75, 3.05) is 12.4 Å². The van der Waals surface area contributed by atoms with Crippen molar-refractivity contribution in [2.45, 2.75) is 26.4 Å². The molecule has 1 aliphatic carbocycles. The van der Waals surface area contributed by atoms with Crippen molar-refractivity contribution in [3.05, 3.63) is 29.8 Å². The number of nitrogens with one attached hydrogen (secondary N) is 1. The van der Waals surface area contributed by atoms with E-state index in [0.717, 1.165) is 24.1 Å². The summed E-state index contributed by atoms with van der Waals surface area (Å²) in [4.78, 5) is 12.8. The number of carbonyl (C=O) groups excluding carboxylic acids is 1. The molecule has 0 aliphatic heterocycles. The summed E-state index contributed by atoms with van der Waals surface area (Å²) in [5, 5.41) is 2.92. The molecule has 4 nitrogen and oxygen atoms in total. The first-order valence-corrected chi connectivity index (χ1v) is 7.08. The van der Waals surface area contributed by atoms with Gasteiger partial charge < -0.3 is 15.8 Å². The minimum absolute atomic E-state index is 0.0994. The number of hydrogen-bond acceptors (Lipinski definition) is 3. The zero-order chi connectivity index (χ0) is 14.8. The van der Waals surface area contributed by atoms with E-state index >= 15 is 0 Å². The molecule has 0 radical (unpaired) electrons. The molecule has 1 aliphatic rings. The number of thiocarbonyl (C=S) groups is 1. The normalized spacial score (nSPS) is 24.8. The van der Waals surface area contributed by atoms with Gasteiger partial charge in [0.25, 0.3) is 0 Å². The molecule has 0 bridgehead atoms. The number of rotatable bonds is 5. The lowest BCUT2D eigenvalue weighted by Gasteiger charge is -2.44. The van der Waals surface area contributed by atoms with Gasteiger partial charge in [0.15, 0.2) is 0 Å². The maximum atomic E-state index is 12.5. The molecule has 1 saturated carbocycles. The van der Waals surface area contributed by atoms with E-state index in [1.54, 1.807) is 7.11 Å². The highest BCUT2D eigenvalue weighted by molar-refractivity contribution is 7.80. The van der Waals surface area contributed by atoms with Crippen molar-refractivity contribution in [3.8, 4) is 0 Å². The van der Waals surface area contributed by atoms with Crippen molar-refractivity contribution in [3.63, 3.8) is 0 Å². The highest BCUT2D eigenvalue weighted by atomic mass is 32.1. The second-order valence-electron chi connectivity index (χ2n) is 5.55. The summed E-state index contributed by atoms with van der Waals surface area (Å²) >= 11 is 5.09. The van der Waals surface area contributed by atoms with Gasteiger partial charge in [-0.05, 0) is 36.5 Å². The fourth-order valence-corrected chi connectivity index (χ4v) is 3.04. The summed E-state index contributed by atoms with van der Waals surface area (Å²) in [5.74, 6) is 0.389. The highest BCUT2D eigenvalue weighted by Gasteiger charge is 2.50. The minimum Gasteiger partial charge on any atom is -0.392 e. The monoisotopic (exact) mass is 292 g/mol. The van der Waals surface area contributed by atoms with Gasteiger partial charge in [0.05, 0.1) is 17.0 Å². The van der Waals surface area contributed by atoms with Gasteiger partial charge >= 0.3 is 0 Å². The van der Waals surface area contributed by atoms with E-state index in [1.165, 1.54) is 0 Å². The van der Waals surface area contributed by atoms with Crippen LogP contribution in [0.3, 0.4) is 0 Å². The Balaban J connectivity index is 2.11. The molecule has 0 atom stereocenters. The molecule has 3 N–H and O–H groups in total. The maximum absolute atomic E-state index is 12.5. The Hall–Kier alpha value is -1.46. The molecule has 1 fully saturated rings. The van der Waals surface area contributed by atoms with Gasteiger partial charge in [0, 0.05) is 12.8 Å². The van der Waals surface area contributed by atoms with E-state index < -0.39 is 5.41 Å². The third-order valence-corrected chi connectivity index (χ3v) is 4.19. The van der Waals surface area contributed by atoms with Gasteiger partial charge in [-0.15, -0.1) is 0 Å². The van der Waals surface area contributed by atoms with Crippen LogP contribution in [0, 0.1) is 11.3 Å². The third kappa shape index (κ3) is 2.83. The lowest BCUT2D eigenvalue weighted by Crippen LogP contribution is -2.53. The van der Waals surface area contributed by atoms with Crippen LogP contribution in [0.2, 0.25) is 0 Å². The van der Waals surface area contributed by atoms with Crippen LogP contribution >= 0.6 is 12.2 Å². The Morgan fingerprint density at radius 2 is 2.25 bits per heavy atom. The van der Waals surface area contributed by atoms with Gasteiger partial charge in [0.1, 0.15) is 0 Å². The standard InChI is InChI=1S/C15H20N2O2S/c1-10-7-15(8-10,13(16)20)14(18)17-12-5-3-4-11(6-12)9-19-2/h3-6,10H,7-9H2,1-2H3,(H2,16,20)(H,17,18). The van der Waals surface area contributed by atoms with E-state index in [1.807, 2.05) is 24.3 Å². The molecule has 108 valence electrons. The largest absolute Gasteiger partial charge is 0.392 e. The predicted octanol–water partition coefficient (Wildman–Crippen LogP) is 2.47. The van der Waals surface area contributed by atoms with E-state index in [9.17, 15) is 4.79 Å². The Labute approximate surface area is 124 Å². The third-order valence-electron chi connectivity index (χ3n) is 3.80. The number of nitrogens with two attached hydrogens (primary N) is 1. The summed E-state index contributed by atoms with van der Waals surface area (Å²) in [6, 6.07) is 7.60. The van der Waals surface area contributed by atoms with E-state index in [4.69, 9.17) is 22.7 Å². The zero-order valence-electron chi connectivity index (χ0n) is 11.8. The van der Waals surface area contributed by atoms with Gasteiger partial charge in [-0.3, -0.25) is 4.79 Å². The van der Waals surface area contributed by atoms with Crippen molar-refractivity contribution in [1.29, 1.82) is 0 Å². The highest BCUT2D eigenvalue weighted by Crippen LogP contribution is 2.46. The van der Waals surface area contributed by atoms with Crippen LogP contribution in [0.4, 0.5) is 5.69 Å². The number of carbonyl (C=O) groups is 1. The number of benzene rings is 1. The topological polar surface area (TPSA) is 64.3 Å². The number of amides is 1. The van der Waals surface area contributed by atoms with Crippen molar-refractivity contribution < 1.29 is 9.53 Å². The molecular formula is C15H20N2O2S. The van der Waals surface area contributed by atoms with Crippen molar-refractivity contribution in [1.82, 2.24) is 0 Å². The van der Waals surface area contributed by atoms with Crippen LogP contribution in [-0.2, 0) is 16.1 Å². The first-order chi connectivity index (χ1) is 9.48. The van der Waals surface area contributed by atoms with Crippen LogP contribution in [0.5, 0.6) is 0 Å². The molecule has 0 saturated heterocycles.